The molecule has 28 heavy (non-hydrogen) atoms. The summed E-state index contributed by atoms with van der Waals surface area (Å²) < 4.78 is 28.6. The first-order valence-corrected chi connectivity index (χ1v) is 10.8. The van der Waals surface area contributed by atoms with Gasteiger partial charge in [-0.1, -0.05) is 19.1 Å². The Morgan fingerprint density at radius 2 is 2.07 bits per heavy atom. The summed E-state index contributed by atoms with van der Waals surface area (Å²) in [5, 5.41) is 11.2. The highest BCUT2D eigenvalue weighted by atomic mass is 32.2. The van der Waals surface area contributed by atoms with Crippen LogP contribution in [-0.4, -0.2) is 60.3 Å². The molecule has 0 saturated carbocycles. The summed E-state index contributed by atoms with van der Waals surface area (Å²) in [5.41, 5.74) is -0.278. The van der Waals surface area contributed by atoms with E-state index in [0.717, 1.165) is 0 Å². The minimum Gasteiger partial charge on any atom is -0.452 e. The van der Waals surface area contributed by atoms with Gasteiger partial charge in [-0.05, 0) is 32.8 Å². The fraction of sp³-hybridized carbons (Fsp3) is 0.556. The smallest absolute Gasteiger partial charge is 0.345 e. The number of ether oxygens (including phenoxy) is 1. The number of nitro benzene ring substituents is 1. The normalized spacial score (nSPS) is 19.0. The molecule has 0 unspecified atom stereocenters. The van der Waals surface area contributed by atoms with Crippen LogP contribution in [0, 0.1) is 17.0 Å². The van der Waals surface area contributed by atoms with E-state index in [2.05, 4.69) is 0 Å². The lowest BCUT2D eigenvalue weighted by Gasteiger charge is -2.33. The van der Waals surface area contributed by atoms with Crippen molar-refractivity contribution < 1.29 is 27.7 Å². The number of hydrogen-bond donors (Lipinski definition) is 0. The number of aryl methyl sites for hydroxylation is 1. The number of sulfone groups is 1. The summed E-state index contributed by atoms with van der Waals surface area (Å²) in [7, 11) is -3.19. The second-order valence-electron chi connectivity index (χ2n) is 6.92. The van der Waals surface area contributed by atoms with Crippen molar-refractivity contribution in [2.45, 2.75) is 45.7 Å². The Balaban J connectivity index is 2.14. The molecule has 0 aliphatic carbocycles. The van der Waals surface area contributed by atoms with E-state index in [4.69, 9.17) is 4.74 Å². The van der Waals surface area contributed by atoms with Crippen molar-refractivity contribution in [1.82, 2.24) is 4.90 Å². The van der Waals surface area contributed by atoms with Crippen molar-refractivity contribution in [2.24, 2.45) is 0 Å². The van der Waals surface area contributed by atoms with E-state index in [1.807, 2.05) is 6.92 Å². The zero-order valence-corrected chi connectivity index (χ0v) is 16.9. The number of esters is 1. The fourth-order valence-corrected chi connectivity index (χ4v) is 5.06. The van der Waals surface area contributed by atoms with Gasteiger partial charge in [0.25, 0.3) is 11.6 Å². The summed E-state index contributed by atoms with van der Waals surface area (Å²) in [4.78, 5) is 37.0. The number of rotatable bonds is 7. The molecule has 9 nitrogen and oxygen atoms in total. The number of carbonyl (C=O) groups excluding carboxylic acids is 2. The minimum atomic E-state index is -3.19. The maximum absolute atomic E-state index is 12.7. The minimum absolute atomic E-state index is 0.0210. The molecule has 1 aliphatic rings. The Morgan fingerprint density at radius 3 is 2.61 bits per heavy atom. The molecule has 1 amide bonds. The molecule has 1 heterocycles. The molecule has 0 bridgehead atoms. The lowest BCUT2D eigenvalue weighted by Crippen LogP contribution is -2.48. The SMILES string of the molecule is CC[C@H](C)N(C(=O)COC(=O)c1cccc(C)c1[N+](=O)[O-])[C@H]1CCS(=O)(=O)C1. The quantitative estimate of drug-likeness (QED) is 0.380. The maximum atomic E-state index is 12.7. The highest BCUT2D eigenvalue weighted by Crippen LogP contribution is 2.24. The molecule has 154 valence electrons. The lowest BCUT2D eigenvalue weighted by atomic mass is 10.1. The maximum Gasteiger partial charge on any atom is 0.345 e. The molecule has 1 aromatic rings. The second-order valence-corrected chi connectivity index (χ2v) is 9.15. The van der Waals surface area contributed by atoms with Crippen LogP contribution in [0.25, 0.3) is 0 Å². The molecule has 0 spiro atoms. The molecule has 1 fully saturated rings. The van der Waals surface area contributed by atoms with Crippen LogP contribution in [0.2, 0.25) is 0 Å². The van der Waals surface area contributed by atoms with Crippen molar-refractivity contribution in [1.29, 1.82) is 0 Å². The van der Waals surface area contributed by atoms with E-state index in [1.54, 1.807) is 6.92 Å². The van der Waals surface area contributed by atoms with Gasteiger partial charge in [-0.25, -0.2) is 13.2 Å². The molecular weight excluding hydrogens is 388 g/mol. The van der Waals surface area contributed by atoms with Crippen molar-refractivity contribution in [3.05, 3.63) is 39.4 Å². The summed E-state index contributed by atoms with van der Waals surface area (Å²) in [6.07, 6.45) is 0.954. The van der Waals surface area contributed by atoms with Gasteiger partial charge in [-0.3, -0.25) is 14.9 Å². The van der Waals surface area contributed by atoms with Gasteiger partial charge in [-0.15, -0.1) is 0 Å². The van der Waals surface area contributed by atoms with Gasteiger partial charge >= 0.3 is 5.97 Å². The number of benzene rings is 1. The van der Waals surface area contributed by atoms with Crippen LogP contribution in [0.4, 0.5) is 5.69 Å². The molecule has 1 saturated heterocycles. The topological polar surface area (TPSA) is 124 Å². The zero-order valence-electron chi connectivity index (χ0n) is 16.1. The van der Waals surface area contributed by atoms with Crippen LogP contribution in [-0.2, 0) is 19.4 Å². The van der Waals surface area contributed by atoms with Crippen molar-refractivity contribution in [3.63, 3.8) is 0 Å². The van der Waals surface area contributed by atoms with Crippen LogP contribution in [0.5, 0.6) is 0 Å². The third-order valence-corrected chi connectivity index (χ3v) is 6.67. The monoisotopic (exact) mass is 412 g/mol. The first-order valence-electron chi connectivity index (χ1n) is 9.00. The number of nitrogens with zero attached hydrogens (tertiary/aromatic N) is 2. The Bertz CT molecular complexity index is 882. The molecule has 1 aromatic carbocycles. The number of nitro groups is 1. The second kappa shape index (κ2) is 8.68. The van der Waals surface area contributed by atoms with E-state index in [0.29, 0.717) is 18.4 Å². The van der Waals surface area contributed by atoms with E-state index >= 15 is 0 Å². The fourth-order valence-electron chi connectivity index (χ4n) is 3.35. The molecule has 0 aromatic heterocycles. The summed E-state index contributed by atoms with van der Waals surface area (Å²) in [5.74, 6) is -1.57. The lowest BCUT2D eigenvalue weighted by molar-refractivity contribution is -0.385. The van der Waals surface area contributed by atoms with Gasteiger partial charge in [0, 0.05) is 17.6 Å². The van der Waals surface area contributed by atoms with E-state index in [9.17, 15) is 28.1 Å². The number of carbonyl (C=O) groups is 2. The summed E-state index contributed by atoms with van der Waals surface area (Å²) >= 11 is 0. The molecule has 0 N–H and O–H groups in total. The average Bonchev–Trinajstić information content (AvgIpc) is 2.98. The largest absolute Gasteiger partial charge is 0.452 e. The number of amides is 1. The van der Waals surface area contributed by atoms with Gasteiger partial charge in [0.1, 0.15) is 5.56 Å². The van der Waals surface area contributed by atoms with Crippen LogP contribution in [0.1, 0.15) is 42.6 Å². The van der Waals surface area contributed by atoms with E-state index in [1.165, 1.54) is 30.0 Å². The van der Waals surface area contributed by atoms with Gasteiger partial charge in [0.2, 0.25) is 0 Å². The molecule has 2 rings (SSSR count). The highest BCUT2D eigenvalue weighted by molar-refractivity contribution is 7.91. The van der Waals surface area contributed by atoms with Gasteiger partial charge < -0.3 is 9.64 Å². The van der Waals surface area contributed by atoms with Crippen LogP contribution in [0.15, 0.2) is 18.2 Å². The van der Waals surface area contributed by atoms with Crippen molar-refractivity contribution in [3.8, 4) is 0 Å². The third kappa shape index (κ3) is 4.86. The van der Waals surface area contributed by atoms with Crippen LogP contribution >= 0.6 is 0 Å². The Morgan fingerprint density at radius 1 is 1.39 bits per heavy atom. The standard InChI is InChI=1S/C18H24N2O7S/c1-4-13(3)19(14-8-9-28(25,26)11-14)16(21)10-27-18(22)15-7-5-6-12(2)17(15)20(23)24/h5-7,13-14H,4,8-11H2,1-3H3/t13-,14-/m0/s1. The van der Waals surface area contributed by atoms with Crippen molar-refractivity contribution in [2.75, 3.05) is 18.1 Å². The highest BCUT2D eigenvalue weighted by Gasteiger charge is 2.37. The first kappa shape index (κ1) is 21.8. The molecule has 10 heteroatoms. The predicted molar refractivity (Wildman–Crippen MR) is 102 cm³/mol. The van der Waals surface area contributed by atoms with Crippen LogP contribution < -0.4 is 0 Å². The molecular formula is C18H24N2O7S. The number of para-hydroxylation sites is 1. The van der Waals surface area contributed by atoms with Gasteiger partial charge in [0.05, 0.1) is 16.4 Å². The van der Waals surface area contributed by atoms with Crippen molar-refractivity contribution >= 4 is 27.4 Å². The molecule has 0 radical (unpaired) electrons. The summed E-state index contributed by atoms with van der Waals surface area (Å²) in [6, 6.07) is 3.59. The average molecular weight is 412 g/mol. The van der Waals surface area contributed by atoms with E-state index < -0.39 is 39.3 Å². The Hall–Kier alpha value is -2.49. The third-order valence-electron chi connectivity index (χ3n) is 4.92. The molecule has 1 aliphatic heterocycles. The predicted octanol–water partition coefficient (Wildman–Crippen LogP) is 1.87. The Kier molecular flexibility index (Phi) is 6.76. The van der Waals surface area contributed by atoms with E-state index in [-0.39, 0.29) is 28.8 Å². The number of hydrogen-bond acceptors (Lipinski definition) is 7. The zero-order chi connectivity index (χ0) is 21.1. The molecule has 2 atom stereocenters. The van der Waals surface area contributed by atoms with Gasteiger partial charge in [0.15, 0.2) is 16.4 Å². The van der Waals surface area contributed by atoms with Gasteiger partial charge in [-0.2, -0.15) is 0 Å². The summed E-state index contributed by atoms with van der Waals surface area (Å²) in [6.45, 7) is 4.57. The van der Waals surface area contributed by atoms with Crippen LogP contribution in [0.3, 0.4) is 0 Å². The first-order chi connectivity index (χ1) is 13.1. The Labute approximate surface area is 163 Å².